The van der Waals surface area contributed by atoms with Gasteiger partial charge in [0.1, 0.15) is 0 Å². The zero-order chi connectivity index (χ0) is 15.4. The van der Waals surface area contributed by atoms with Crippen molar-refractivity contribution in [3.63, 3.8) is 0 Å². The first-order valence-corrected chi connectivity index (χ1v) is 8.75. The predicted molar refractivity (Wildman–Crippen MR) is 98.2 cm³/mol. The summed E-state index contributed by atoms with van der Waals surface area (Å²) in [6, 6.07) is 13.6. The van der Waals surface area contributed by atoms with Crippen LogP contribution in [0.25, 0.3) is 0 Å². The van der Waals surface area contributed by atoms with Crippen molar-refractivity contribution < 1.29 is 5.11 Å². The second-order valence-corrected chi connectivity index (χ2v) is 7.13. The molecule has 0 aliphatic carbocycles. The van der Waals surface area contributed by atoms with Crippen molar-refractivity contribution >= 4 is 45.8 Å². The lowest BCUT2D eigenvalue weighted by molar-refractivity contribution is 0.140. The van der Waals surface area contributed by atoms with E-state index in [1.807, 2.05) is 36.4 Å². The molecule has 0 unspecified atom stereocenters. The molecule has 0 spiro atoms. The number of benzene rings is 2. The van der Waals surface area contributed by atoms with Crippen molar-refractivity contribution in [2.24, 2.45) is 0 Å². The van der Waals surface area contributed by atoms with Crippen molar-refractivity contribution in [1.29, 1.82) is 0 Å². The van der Waals surface area contributed by atoms with Gasteiger partial charge in [0.15, 0.2) is 0 Å². The molecule has 0 heterocycles. The van der Waals surface area contributed by atoms with E-state index < -0.39 is 6.10 Å². The van der Waals surface area contributed by atoms with E-state index in [1.165, 1.54) is 0 Å². The van der Waals surface area contributed by atoms with Crippen LogP contribution < -0.4 is 0 Å². The lowest BCUT2D eigenvalue weighted by Gasteiger charge is -2.24. The van der Waals surface area contributed by atoms with Gasteiger partial charge in [0, 0.05) is 9.49 Å². The van der Waals surface area contributed by atoms with Crippen molar-refractivity contribution in [2.75, 3.05) is 0 Å². The SMILES string of the molecule is CCC[C@H](c1ccc(Cl)c(Cl)c1)[C@H](O)c1cccc(I)c1. The van der Waals surface area contributed by atoms with Gasteiger partial charge in [-0.2, -0.15) is 0 Å². The topological polar surface area (TPSA) is 20.2 Å². The molecule has 0 fully saturated rings. The highest BCUT2D eigenvalue weighted by Crippen LogP contribution is 2.37. The van der Waals surface area contributed by atoms with Crippen LogP contribution in [0.4, 0.5) is 0 Å². The second-order valence-electron chi connectivity index (χ2n) is 5.07. The fourth-order valence-corrected chi connectivity index (χ4v) is 3.36. The normalized spacial score (nSPS) is 14.0. The third-order valence-corrected chi connectivity index (χ3v) is 4.95. The molecule has 0 bridgehead atoms. The average molecular weight is 435 g/mol. The van der Waals surface area contributed by atoms with Crippen LogP contribution in [0.3, 0.4) is 0 Å². The van der Waals surface area contributed by atoms with Crippen molar-refractivity contribution in [2.45, 2.75) is 31.8 Å². The van der Waals surface area contributed by atoms with E-state index in [2.05, 4.69) is 29.5 Å². The molecule has 0 aromatic heterocycles. The smallest absolute Gasteiger partial charge is 0.0858 e. The van der Waals surface area contributed by atoms with Gasteiger partial charge in [-0.05, 0) is 64.4 Å². The maximum atomic E-state index is 10.8. The fourth-order valence-electron chi connectivity index (χ4n) is 2.48. The molecule has 0 aliphatic rings. The molecule has 2 aromatic rings. The summed E-state index contributed by atoms with van der Waals surface area (Å²) < 4.78 is 1.12. The van der Waals surface area contributed by atoms with Crippen LogP contribution >= 0.6 is 45.8 Å². The Hall–Kier alpha value is -0.290. The number of aliphatic hydroxyl groups is 1. The number of rotatable bonds is 5. The maximum absolute atomic E-state index is 10.8. The highest BCUT2D eigenvalue weighted by molar-refractivity contribution is 14.1. The van der Waals surface area contributed by atoms with E-state index in [0.29, 0.717) is 10.0 Å². The molecule has 2 aromatic carbocycles. The molecule has 112 valence electrons. The number of aliphatic hydroxyl groups excluding tert-OH is 1. The van der Waals surface area contributed by atoms with E-state index >= 15 is 0 Å². The average Bonchev–Trinajstić information content (AvgIpc) is 2.47. The fraction of sp³-hybridized carbons (Fsp3) is 0.294. The standard InChI is InChI=1S/C17H17Cl2IO/c1-2-4-14(11-7-8-15(18)16(19)10-11)17(21)12-5-3-6-13(20)9-12/h3,5-10,14,17,21H,2,4H2,1H3/t14-,17-/m1/s1. The maximum Gasteiger partial charge on any atom is 0.0858 e. The minimum Gasteiger partial charge on any atom is -0.388 e. The monoisotopic (exact) mass is 434 g/mol. The minimum absolute atomic E-state index is 0.0166. The van der Waals surface area contributed by atoms with Gasteiger partial charge >= 0.3 is 0 Å². The van der Waals surface area contributed by atoms with Crippen molar-refractivity contribution in [3.05, 3.63) is 67.2 Å². The molecular formula is C17H17Cl2IO. The molecule has 4 heteroatoms. The predicted octanol–water partition coefficient (Wildman–Crippen LogP) is 6.22. The molecular weight excluding hydrogens is 418 g/mol. The summed E-state index contributed by atoms with van der Waals surface area (Å²) in [7, 11) is 0. The molecule has 2 atom stereocenters. The number of hydrogen-bond donors (Lipinski definition) is 1. The Morgan fingerprint density at radius 3 is 2.43 bits per heavy atom. The first kappa shape index (κ1) is 17.1. The van der Waals surface area contributed by atoms with E-state index in [4.69, 9.17) is 23.2 Å². The third-order valence-electron chi connectivity index (χ3n) is 3.54. The zero-order valence-corrected chi connectivity index (χ0v) is 15.4. The Morgan fingerprint density at radius 2 is 1.81 bits per heavy atom. The Bertz CT molecular complexity index is 615. The Kier molecular flexibility index (Phi) is 6.35. The van der Waals surface area contributed by atoms with E-state index in [9.17, 15) is 5.11 Å². The van der Waals surface area contributed by atoms with Crippen LogP contribution in [0.15, 0.2) is 42.5 Å². The molecule has 0 saturated carbocycles. The molecule has 0 amide bonds. The van der Waals surface area contributed by atoms with Gasteiger partial charge in [-0.1, -0.05) is 54.7 Å². The molecule has 2 rings (SSSR count). The summed E-state index contributed by atoms with van der Waals surface area (Å²) in [5.74, 6) is 0.0166. The largest absolute Gasteiger partial charge is 0.388 e. The van der Waals surface area contributed by atoms with Crippen molar-refractivity contribution in [1.82, 2.24) is 0 Å². The van der Waals surface area contributed by atoms with Crippen LogP contribution in [0.2, 0.25) is 10.0 Å². The van der Waals surface area contributed by atoms with Gasteiger partial charge in [-0.15, -0.1) is 0 Å². The van der Waals surface area contributed by atoms with Crippen molar-refractivity contribution in [3.8, 4) is 0 Å². The van der Waals surface area contributed by atoms with Gasteiger partial charge in [0.2, 0.25) is 0 Å². The van der Waals surface area contributed by atoms with Gasteiger partial charge in [-0.25, -0.2) is 0 Å². The van der Waals surface area contributed by atoms with Crippen LogP contribution in [0.1, 0.15) is 42.9 Å². The van der Waals surface area contributed by atoms with Crippen LogP contribution in [-0.2, 0) is 0 Å². The summed E-state index contributed by atoms with van der Waals surface area (Å²) in [6.45, 7) is 2.12. The van der Waals surface area contributed by atoms with Gasteiger partial charge in [-0.3, -0.25) is 0 Å². The molecule has 0 radical (unpaired) electrons. The molecule has 1 nitrogen and oxygen atoms in total. The number of hydrogen-bond acceptors (Lipinski definition) is 1. The summed E-state index contributed by atoms with van der Waals surface area (Å²) in [4.78, 5) is 0. The third kappa shape index (κ3) is 4.35. The van der Waals surface area contributed by atoms with Gasteiger partial charge < -0.3 is 5.11 Å². The highest BCUT2D eigenvalue weighted by Gasteiger charge is 2.22. The van der Waals surface area contributed by atoms with Gasteiger partial charge in [0.05, 0.1) is 16.1 Å². The molecule has 0 saturated heterocycles. The summed E-state index contributed by atoms with van der Waals surface area (Å²) in [5, 5.41) is 11.8. The minimum atomic E-state index is -0.545. The molecule has 0 aliphatic heterocycles. The lowest BCUT2D eigenvalue weighted by Crippen LogP contribution is -2.11. The Balaban J connectivity index is 2.35. The first-order valence-electron chi connectivity index (χ1n) is 6.91. The Labute approximate surface area is 149 Å². The summed E-state index contributed by atoms with van der Waals surface area (Å²) in [6.07, 6.45) is 1.34. The van der Waals surface area contributed by atoms with Crippen LogP contribution in [0, 0.1) is 3.57 Å². The first-order chi connectivity index (χ1) is 10.0. The van der Waals surface area contributed by atoms with Gasteiger partial charge in [0.25, 0.3) is 0 Å². The van der Waals surface area contributed by atoms with Crippen LogP contribution in [0.5, 0.6) is 0 Å². The summed E-state index contributed by atoms with van der Waals surface area (Å²) >= 11 is 14.4. The number of halogens is 3. The zero-order valence-electron chi connectivity index (χ0n) is 11.7. The lowest BCUT2D eigenvalue weighted by atomic mass is 9.86. The summed E-state index contributed by atoms with van der Waals surface area (Å²) in [5.41, 5.74) is 1.96. The molecule has 1 N–H and O–H groups in total. The van der Waals surface area contributed by atoms with E-state index in [0.717, 1.165) is 27.5 Å². The van der Waals surface area contributed by atoms with E-state index in [-0.39, 0.29) is 5.92 Å². The second kappa shape index (κ2) is 7.82. The van der Waals surface area contributed by atoms with E-state index in [1.54, 1.807) is 6.07 Å². The Morgan fingerprint density at radius 1 is 1.05 bits per heavy atom. The quantitative estimate of drug-likeness (QED) is 0.554. The van der Waals surface area contributed by atoms with Crippen LogP contribution in [-0.4, -0.2) is 5.11 Å². The molecule has 21 heavy (non-hydrogen) atoms. The highest BCUT2D eigenvalue weighted by atomic mass is 127.